The molecule has 0 unspecified atom stereocenters. The van der Waals surface area contributed by atoms with E-state index in [9.17, 15) is 14.4 Å². The van der Waals surface area contributed by atoms with Gasteiger partial charge >= 0.3 is 5.97 Å². The highest BCUT2D eigenvalue weighted by molar-refractivity contribution is 5.92. The lowest BCUT2D eigenvalue weighted by atomic mass is 9.71. The summed E-state index contributed by atoms with van der Waals surface area (Å²) in [6.45, 7) is 4.04. The van der Waals surface area contributed by atoms with Gasteiger partial charge in [-0.25, -0.2) is 0 Å². The molecule has 8 nitrogen and oxygen atoms in total. The number of carbonyl (C=O) groups is 3. The molecule has 1 aliphatic carbocycles. The van der Waals surface area contributed by atoms with Gasteiger partial charge in [0.05, 0.1) is 13.2 Å². The number of amides is 2. The van der Waals surface area contributed by atoms with E-state index in [0.29, 0.717) is 43.0 Å². The van der Waals surface area contributed by atoms with Crippen molar-refractivity contribution in [3.63, 3.8) is 0 Å². The van der Waals surface area contributed by atoms with Gasteiger partial charge < -0.3 is 24.0 Å². The minimum absolute atomic E-state index is 0.00156. The van der Waals surface area contributed by atoms with Crippen LogP contribution in [0, 0.1) is 11.3 Å². The lowest BCUT2D eigenvalue weighted by Gasteiger charge is -2.44. The van der Waals surface area contributed by atoms with Crippen molar-refractivity contribution in [2.24, 2.45) is 11.3 Å². The number of benzene rings is 1. The van der Waals surface area contributed by atoms with Crippen LogP contribution in [0.5, 0.6) is 11.5 Å². The zero-order chi connectivity index (χ0) is 23.0. The summed E-state index contributed by atoms with van der Waals surface area (Å²) in [6, 6.07) is 5.61. The summed E-state index contributed by atoms with van der Waals surface area (Å²) in [5.41, 5.74) is 0.717. The molecule has 4 aliphatic rings. The van der Waals surface area contributed by atoms with Crippen LogP contribution in [0.3, 0.4) is 0 Å². The Kier molecular flexibility index (Phi) is 5.76. The Morgan fingerprint density at radius 1 is 1.18 bits per heavy atom. The van der Waals surface area contributed by atoms with Crippen molar-refractivity contribution in [2.45, 2.75) is 52.0 Å². The third-order valence-corrected chi connectivity index (χ3v) is 7.22. The molecule has 0 saturated carbocycles. The Bertz CT molecular complexity index is 999. The van der Waals surface area contributed by atoms with Gasteiger partial charge in [-0.05, 0) is 56.7 Å². The van der Waals surface area contributed by atoms with Crippen LogP contribution in [0.15, 0.2) is 30.0 Å². The van der Waals surface area contributed by atoms with Crippen molar-refractivity contribution in [3.8, 4) is 11.5 Å². The number of nitrogens with zero attached hydrogens (tertiary/aromatic N) is 2. The number of ether oxygens (including phenoxy) is 3. The first-order chi connectivity index (χ1) is 16.0. The molecule has 0 spiro atoms. The fraction of sp³-hybridized carbons (Fsp3) is 0.560. The average molecular weight is 455 g/mol. The van der Waals surface area contributed by atoms with Crippen LogP contribution in [-0.4, -0.2) is 54.1 Å². The standard InChI is InChI=1S/C25H30N2O6/c1-2-31-24(30)25-9-5-6-21(25)27(15-17-7-8-19-20(12-17)33-16-32-19)23(29)18(14-25)13-22(28)26-10-3-4-11-26/h6-8,12,18H,2-5,9-11,13-16H2,1H3/t18-,25+/m1/s1. The van der Waals surface area contributed by atoms with Crippen molar-refractivity contribution in [3.05, 3.63) is 35.5 Å². The number of esters is 1. The Morgan fingerprint density at radius 3 is 2.76 bits per heavy atom. The van der Waals surface area contributed by atoms with Crippen LogP contribution >= 0.6 is 0 Å². The van der Waals surface area contributed by atoms with E-state index in [1.165, 1.54) is 0 Å². The van der Waals surface area contributed by atoms with Crippen molar-refractivity contribution < 1.29 is 28.6 Å². The maximum absolute atomic E-state index is 13.7. The Hall–Kier alpha value is -3.03. The number of piperidine rings is 1. The van der Waals surface area contributed by atoms with Crippen molar-refractivity contribution in [1.29, 1.82) is 0 Å². The first kappa shape index (κ1) is 21.8. The zero-order valence-electron chi connectivity index (χ0n) is 19.0. The minimum atomic E-state index is -0.879. The van der Waals surface area contributed by atoms with E-state index in [0.717, 1.165) is 31.5 Å². The van der Waals surface area contributed by atoms with Gasteiger partial charge in [-0.2, -0.15) is 0 Å². The Labute approximate surface area is 193 Å². The predicted octanol–water partition coefficient (Wildman–Crippen LogP) is 3.00. The van der Waals surface area contributed by atoms with Gasteiger partial charge in [0.1, 0.15) is 5.41 Å². The summed E-state index contributed by atoms with van der Waals surface area (Å²) in [7, 11) is 0. The normalized spacial score (nSPS) is 25.8. The molecule has 1 aromatic rings. The van der Waals surface area contributed by atoms with E-state index in [2.05, 4.69) is 0 Å². The number of allylic oxidation sites excluding steroid dienone is 1. The van der Waals surface area contributed by atoms with Crippen LogP contribution in [0.25, 0.3) is 0 Å². The molecular weight excluding hydrogens is 424 g/mol. The second-order valence-electron chi connectivity index (χ2n) is 9.24. The molecular formula is C25H30N2O6. The number of hydrogen-bond donors (Lipinski definition) is 0. The summed E-state index contributed by atoms with van der Waals surface area (Å²) in [5.74, 6) is 0.377. The van der Waals surface area contributed by atoms with Crippen LogP contribution in [0.4, 0.5) is 0 Å². The summed E-state index contributed by atoms with van der Waals surface area (Å²) in [5, 5.41) is 0. The molecule has 8 heteroatoms. The Balaban J connectivity index is 1.45. The molecule has 0 aromatic heterocycles. The predicted molar refractivity (Wildman–Crippen MR) is 118 cm³/mol. The fourth-order valence-corrected chi connectivity index (χ4v) is 5.61. The molecule has 33 heavy (non-hydrogen) atoms. The van der Waals surface area contributed by atoms with Crippen molar-refractivity contribution >= 4 is 17.8 Å². The molecule has 176 valence electrons. The Morgan fingerprint density at radius 2 is 1.97 bits per heavy atom. The maximum Gasteiger partial charge on any atom is 0.318 e. The zero-order valence-corrected chi connectivity index (χ0v) is 19.0. The summed E-state index contributed by atoms with van der Waals surface area (Å²) < 4.78 is 16.4. The first-order valence-corrected chi connectivity index (χ1v) is 11.9. The summed E-state index contributed by atoms with van der Waals surface area (Å²) >= 11 is 0. The molecule has 2 fully saturated rings. The second-order valence-corrected chi connectivity index (χ2v) is 9.24. The maximum atomic E-state index is 13.7. The second kappa shape index (κ2) is 8.72. The van der Waals surface area contributed by atoms with Gasteiger partial charge in [-0.1, -0.05) is 12.1 Å². The van der Waals surface area contributed by atoms with Gasteiger partial charge in [0.2, 0.25) is 18.6 Å². The monoisotopic (exact) mass is 454 g/mol. The number of hydrogen-bond acceptors (Lipinski definition) is 6. The van der Waals surface area contributed by atoms with Gasteiger partial charge in [-0.3, -0.25) is 14.4 Å². The SMILES string of the molecule is CCOC(=O)[C@]12CCC=C1N(Cc1ccc3c(c1)OCO3)C(=O)[C@H](CC(=O)N1CCCC1)C2. The molecule has 5 rings (SSSR count). The molecule has 0 N–H and O–H groups in total. The van der Waals surface area contributed by atoms with Crippen molar-refractivity contribution in [2.75, 3.05) is 26.5 Å². The van der Waals surface area contributed by atoms with Gasteiger partial charge in [0, 0.05) is 31.1 Å². The highest BCUT2D eigenvalue weighted by atomic mass is 16.7. The van der Waals surface area contributed by atoms with Crippen molar-refractivity contribution in [1.82, 2.24) is 9.80 Å². The summed E-state index contributed by atoms with van der Waals surface area (Å²) in [4.78, 5) is 43.4. The van der Waals surface area contributed by atoms with Crippen LogP contribution in [0.2, 0.25) is 0 Å². The quantitative estimate of drug-likeness (QED) is 0.615. The van der Waals surface area contributed by atoms with E-state index in [1.54, 1.807) is 11.8 Å². The van der Waals surface area contributed by atoms with E-state index in [1.807, 2.05) is 29.2 Å². The lowest BCUT2D eigenvalue weighted by Crippen LogP contribution is -2.52. The summed E-state index contributed by atoms with van der Waals surface area (Å²) in [6.07, 6.45) is 5.74. The highest BCUT2D eigenvalue weighted by Gasteiger charge is 2.55. The van der Waals surface area contributed by atoms with E-state index in [-0.39, 0.29) is 37.6 Å². The van der Waals surface area contributed by atoms with Gasteiger partial charge in [0.15, 0.2) is 11.5 Å². The molecule has 0 radical (unpaired) electrons. The number of likely N-dealkylation sites (tertiary alicyclic amines) is 2. The average Bonchev–Trinajstić information content (AvgIpc) is 3.57. The largest absolute Gasteiger partial charge is 0.465 e. The number of rotatable bonds is 6. The van der Waals surface area contributed by atoms with Gasteiger partial charge in [0.25, 0.3) is 0 Å². The fourth-order valence-electron chi connectivity index (χ4n) is 5.61. The smallest absolute Gasteiger partial charge is 0.318 e. The number of fused-ring (bicyclic) bond motifs is 2. The lowest BCUT2D eigenvalue weighted by molar-refractivity contribution is -0.161. The highest BCUT2D eigenvalue weighted by Crippen LogP contribution is 2.52. The van der Waals surface area contributed by atoms with Crippen LogP contribution < -0.4 is 9.47 Å². The first-order valence-electron chi connectivity index (χ1n) is 11.9. The molecule has 2 amide bonds. The van der Waals surface area contributed by atoms with Gasteiger partial charge in [-0.15, -0.1) is 0 Å². The third-order valence-electron chi connectivity index (χ3n) is 7.22. The van der Waals surface area contributed by atoms with E-state index >= 15 is 0 Å². The topological polar surface area (TPSA) is 85.4 Å². The van der Waals surface area contributed by atoms with E-state index in [4.69, 9.17) is 14.2 Å². The molecule has 2 saturated heterocycles. The molecule has 3 aliphatic heterocycles. The third kappa shape index (κ3) is 3.85. The molecule has 2 atom stereocenters. The van der Waals surface area contributed by atoms with Crippen LogP contribution in [0.1, 0.15) is 51.0 Å². The molecule has 1 aromatic carbocycles. The molecule has 0 bridgehead atoms. The number of carbonyl (C=O) groups excluding carboxylic acids is 3. The van der Waals surface area contributed by atoms with E-state index < -0.39 is 11.3 Å². The van der Waals surface area contributed by atoms with Crippen LogP contribution in [-0.2, 0) is 25.7 Å². The molecule has 3 heterocycles. The minimum Gasteiger partial charge on any atom is -0.465 e.